The number of pyridine rings is 2. The molecule has 0 amide bonds. The Labute approximate surface area is 220 Å². The third-order valence-electron chi connectivity index (χ3n) is 6.81. The molecule has 1 aliphatic heterocycles. The molecule has 1 saturated heterocycles. The Balaban J connectivity index is 1.66. The number of nitriles is 1. The number of benzene rings is 1. The molecule has 0 spiro atoms. The predicted octanol–water partition coefficient (Wildman–Crippen LogP) is 5.66. The van der Waals surface area contributed by atoms with Gasteiger partial charge in [-0.1, -0.05) is 19.9 Å². The molecule has 0 bridgehead atoms. The number of hydrogen-bond acceptors (Lipinski definition) is 7. The number of nitrogens with zero attached hydrogens (tertiary/aromatic N) is 6. The minimum absolute atomic E-state index is 0.0370. The van der Waals surface area contributed by atoms with Gasteiger partial charge in [-0.3, -0.25) is 0 Å². The highest BCUT2D eigenvalue weighted by molar-refractivity contribution is 6.00. The number of rotatable bonds is 6. The zero-order valence-electron chi connectivity index (χ0n) is 21.7. The first kappa shape index (κ1) is 25.3. The van der Waals surface area contributed by atoms with Gasteiger partial charge >= 0.3 is 5.97 Å². The lowest BCUT2D eigenvalue weighted by Gasteiger charge is -2.30. The number of fused-ring (bicyclic) bond motifs is 1. The highest BCUT2D eigenvalue weighted by atomic mass is 19.1. The molecule has 38 heavy (non-hydrogen) atoms. The van der Waals surface area contributed by atoms with Crippen LogP contribution < -0.4 is 4.90 Å². The maximum absolute atomic E-state index is 14.1. The van der Waals surface area contributed by atoms with Crippen molar-refractivity contribution in [2.24, 2.45) is 5.92 Å². The van der Waals surface area contributed by atoms with Gasteiger partial charge < -0.3 is 9.64 Å². The fourth-order valence-electron chi connectivity index (χ4n) is 4.84. The molecule has 8 nitrogen and oxygen atoms in total. The lowest BCUT2D eigenvalue weighted by atomic mass is 9.97. The number of anilines is 1. The van der Waals surface area contributed by atoms with E-state index in [2.05, 4.69) is 16.0 Å². The maximum Gasteiger partial charge on any atom is 0.357 e. The van der Waals surface area contributed by atoms with E-state index in [-0.39, 0.29) is 24.1 Å². The second kappa shape index (κ2) is 10.6. The number of ether oxygens (including phenoxy) is 1. The maximum atomic E-state index is 14.1. The second-order valence-corrected chi connectivity index (χ2v) is 9.70. The van der Waals surface area contributed by atoms with Crippen LogP contribution in [0.5, 0.6) is 0 Å². The molecule has 0 atom stereocenters. The van der Waals surface area contributed by atoms with Crippen LogP contribution in [0.3, 0.4) is 0 Å². The molecule has 3 aromatic heterocycles. The normalized spacial score (nSPS) is 14.2. The summed E-state index contributed by atoms with van der Waals surface area (Å²) in [5, 5.41) is 14.8. The molecule has 5 rings (SSSR count). The lowest BCUT2D eigenvalue weighted by molar-refractivity contribution is 0.0520. The van der Waals surface area contributed by atoms with Crippen molar-refractivity contribution in [3.8, 4) is 22.9 Å². The summed E-state index contributed by atoms with van der Waals surface area (Å²) in [5.41, 5.74) is 3.44. The van der Waals surface area contributed by atoms with Crippen LogP contribution in [0.4, 0.5) is 10.2 Å². The summed E-state index contributed by atoms with van der Waals surface area (Å²) in [7, 11) is 0. The fraction of sp³-hybridized carbons (Fsp3) is 0.345. The number of aromatic nitrogens is 4. The van der Waals surface area contributed by atoms with Gasteiger partial charge in [0.2, 0.25) is 0 Å². The van der Waals surface area contributed by atoms with Gasteiger partial charge in [0.15, 0.2) is 11.3 Å². The molecule has 0 saturated carbocycles. The minimum Gasteiger partial charge on any atom is -0.461 e. The predicted molar refractivity (Wildman–Crippen MR) is 143 cm³/mol. The van der Waals surface area contributed by atoms with Crippen LogP contribution in [0.2, 0.25) is 0 Å². The number of hydrogen-bond donors (Lipinski definition) is 0. The van der Waals surface area contributed by atoms with E-state index in [1.165, 1.54) is 12.1 Å². The molecule has 9 heteroatoms. The van der Waals surface area contributed by atoms with E-state index in [4.69, 9.17) is 14.8 Å². The Morgan fingerprint density at radius 2 is 2.00 bits per heavy atom. The summed E-state index contributed by atoms with van der Waals surface area (Å²) in [6.07, 6.45) is 3.44. The van der Waals surface area contributed by atoms with E-state index in [0.717, 1.165) is 54.0 Å². The van der Waals surface area contributed by atoms with E-state index in [1.807, 2.05) is 26.0 Å². The topological polar surface area (TPSA) is 96.9 Å². The Morgan fingerprint density at radius 3 is 2.63 bits per heavy atom. The Hall–Kier alpha value is -4.32. The molecule has 0 unspecified atom stereocenters. The highest BCUT2D eigenvalue weighted by Crippen LogP contribution is 2.36. The number of carbonyl (C=O) groups is 1. The van der Waals surface area contributed by atoms with Crippen LogP contribution in [0.15, 0.2) is 48.7 Å². The zero-order chi connectivity index (χ0) is 26.8. The van der Waals surface area contributed by atoms with Crippen molar-refractivity contribution in [1.82, 2.24) is 19.7 Å². The van der Waals surface area contributed by atoms with Crippen molar-refractivity contribution < 1.29 is 13.9 Å². The summed E-state index contributed by atoms with van der Waals surface area (Å²) in [4.78, 5) is 24.4. The third-order valence-corrected chi connectivity index (χ3v) is 6.81. The summed E-state index contributed by atoms with van der Waals surface area (Å²) >= 11 is 0. The number of esters is 1. The van der Waals surface area contributed by atoms with Gasteiger partial charge in [-0.2, -0.15) is 10.4 Å². The van der Waals surface area contributed by atoms with E-state index in [9.17, 15) is 14.4 Å². The van der Waals surface area contributed by atoms with Crippen molar-refractivity contribution >= 4 is 22.8 Å². The van der Waals surface area contributed by atoms with Crippen LogP contribution in [-0.2, 0) is 4.74 Å². The Bertz CT molecular complexity index is 1510. The van der Waals surface area contributed by atoms with Crippen LogP contribution in [0.1, 0.15) is 55.7 Å². The quantitative estimate of drug-likeness (QED) is 0.307. The van der Waals surface area contributed by atoms with Crippen molar-refractivity contribution in [3.63, 3.8) is 0 Å². The minimum atomic E-state index is -0.543. The zero-order valence-corrected chi connectivity index (χ0v) is 21.7. The Kier molecular flexibility index (Phi) is 7.05. The van der Waals surface area contributed by atoms with Gasteiger partial charge in [0.1, 0.15) is 11.6 Å². The summed E-state index contributed by atoms with van der Waals surface area (Å²) in [6, 6.07) is 14.2. The van der Waals surface area contributed by atoms with Crippen molar-refractivity contribution in [2.75, 3.05) is 24.6 Å². The standard InChI is InChI=1S/C29H29FN6O2/c1-4-38-29(37)24-15-23(20-8-9-25(32-17-20)35-12-10-19(16-31)11-13-35)26-27(18(2)3)34-36(28(26)33-24)22-7-5-6-21(30)14-22/h5-9,14-15,17-19H,4,10-13H2,1-3H3. The molecular weight excluding hydrogens is 483 g/mol. The molecule has 1 aromatic carbocycles. The monoisotopic (exact) mass is 512 g/mol. The first-order chi connectivity index (χ1) is 18.4. The van der Waals surface area contributed by atoms with Crippen LogP contribution in [0, 0.1) is 23.1 Å². The van der Waals surface area contributed by atoms with Crippen LogP contribution in [0.25, 0.3) is 27.8 Å². The van der Waals surface area contributed by atoms with E-state index < -0.39 is 11.8 Å². The molecule has 1 aliphatic rings. The molecule has 1 fully saturated rings. The van der Waals surface area contributed by atoms with Gasteiger partial charge in [-0.05, 0) is 67.6 Å². The van der Waals surface area contributed by atoms with Crippen LogP contribution in [-0.4, -0.2) is 45.4 Å². The average Bonchev–Trinajstić information content (AvgIpc) is 3.33. The Morgan fingerprint density at radius 1 is 1.21 bits per heavy atom. The van der Waals surface area contributed by atoms with Crippen molar-refractivity contribution in [3.05, 3.63) is 65.9 Å². The van der Waals surface area contributed by atoms with E-state index in [1.54, 1.807) is 36.0 Å². The molecule has 194 valence electrons. The second-order valence-electron chi connectivity index (χ2n) is 9.70. The summed E-state index contributed by atoms with van der Waals surface area (Å²) in [6.45, 7) is 7.60. The number of piperidine rings is 1. The first-order valence-corrected chi connectivity index (χ1v) is 12.9. The molecule has 0 aliphatic carbocycles. The number of halogens is 1. The third kappa shape index (κ3) is 4.82. The smallest absolute Gasteiger partial charge is 0.357 e. The largest absolute Gasteiger partial charge is 0.461 e. The summed E-state index contributed by atoms with van der Waals surface area (Å²) in [5.74, 6) is 0.0489. The van der Waals surface area contributed by atoms with Gasteiger partial charge in [-0.25, -0.2) is 23.8 Å². The van der Waals surface area contributed by atoms with Gasteiger partial charge in [0.25, 0.3) is 0 Å². The average molecular weight is 513 g/mol. The molecule has 4 aromatic rings. The molecule has 0 radical (unpaired) electrons. The summed E-state index contributed by atoms with van der Waals surface area (Å²) < 4.78 is 21.0. The van der Waals surface area contributed by atoms with Gasteiger partial charge in [0, 0.05) is 30.8 Å². The van der Waals surface area contributed by atoms with Gasteiger partial charge in [-0.15, -0.1) is 0 Å². The van der Waals surface area contributed by atoms with Gasteiger partial charge in [0.05, 0.1) is 29.4 Å². The highest BCUT2D eigenvalue weighted by Gasteiger charge is 2.24. The molecule has 0 N–H and O–H groups in total. The molecular formula is C29H29FN6O2. The van der Waals surface area contributed by atoms with Crippen molar-refractivity contribution in [2.45, 2.75) is 39.5 Å². The SMILES string of the molecule is CCOC(=O)c1cc(-c2ccc(N3CCC(C#N)CC3)nc2)c2c(C(C)C)nn(-c3cccc(F)c3)c2n1. The number of carbonyl (C=O) groups excluding carboxylic acids is 1. The van der Waals surface area contributed by atoms with E-state index >= 15 is 0 Å². The van der Waals surface area contributed by atoms with Crippen molar-refractivity contribution in [1.29, 1.82) is 5.26 Å². The van der Waals surface area contributed by atoms with E-state index in [0.29, 0.717) is 11.3 Å². The molecule has 4 heterocycles. The fourth-order valence-corrected chi connectivity index (χ4v) is 4.84. The first-order valence-electron chi connectivity index (χ1n) is 12.9. The van der Waals surface area contributed by atoms with Crippen LogP contribution >= 0.6 is 0 Å². The lowest BCUT2D eigenvalue weighted by Crippen LogP contribution is -2.33.